The van der Waals surface area contributed by atoms with Crippen LogP contribution in [0.2, 0.25) is 0 Å². The summed E-state index contributed by atoms with van der Waals surface area (Å²) in [4.78, 5) is 47.4. The normalized spacial score (nSPS) is 17.6. The van der Waals surface area contributed by atoms with Gasteiger partial charge in [0, 0.05) is 50.9 Å². The van der Waals surface area contributed by atoms with Crippen molar-refractivity contribution in [3.8, 4) is 0 Å². The lowest BCUT2D eigenvalue weighted by Crippen LogP contribution is -2.49. The van der Waals surface area contributed by atoms with Gasteiger partial charge in [-0.3, -0.25) is 14.4 Å². The number of aromatic nitrogens is 1. The predicted molar refractivity (Wildman–Crippen MR) is 114 cm³/mol. The molecule has 0 bridgehead atoms. The third kappa shape index (κ3) is 4.40. The molecule has 0 aromatic carbocycles. The second kappa shape index (κ2) is 8.79. The number of likely N-dealkylation sites (tertiary alicyclic amines) is 1. The zero-order valence-corrected chi connectivity index (χ0v) is 17.6. The number of hydrogen-bond donors (Lipinski definition) is 1. The molecule has 2 aromatic heterocycles. The second-order valence-corrected chi connectivity index (χ2v) is 8.05. The van der Waals surface area contributed by atoms with Crippen molar-refractivity contribution in [3.63, 3.8) is 0 Å². The Kier molecular flexibility index (Phi) is 5.92. The highest BCUT2D eigenvalue weighted by Crippen LogP contribution is 2.25. The fourth-order valence-corrected chi connectivity index (χ4v) is 4.17. The third-order valence-electron chi connectivity index (χ3n) is 6.03. The molecule has 9 heteroatoms. The summed E-state index contributed by atoms with van der Waals surface area (Å²) in [6.07, 6.45) is 2.66. The lowest BCUT2D eigenvalue weighted by molar-refractivity contribution is -0.123. The van der Waals surface area contributed by atoms with Crippen LogP contribution in [0, 0.1) is 12.8 Å². The number of carbonyl (C=O) groups excluding carboxylic acids is 3. The molecule has 164 valence electrons. The van der Waals surface area contributed by atoms with E-state index in [9.17, 15) is 14.4 Å². The van der Waals surface area contributed by atoms with Crippen LogP contribution in [-0.4, -0.2) is 71.8 Å². The minimum atomic E-state index is -0.299. The summed E-state index contributed by atoms with van der Waals surface area (Å²) in [7, 11) is 0. The second-order valence-electron chi connectivity index (χ2n) is 8.05. The smallest absolute Gasteiger partial charge is 0.289 e. The Morgan fingerprint density at radius 2 is 1.65 bits per heavy atom. The van der Waals surface area contributed by atoms with Gasteiger partial charge in [0.1, 0.15) is 5.82 Å². The number of hydrogen-bond acceptors (Lipinski definition) is 6. The topological polar surface area (TPSA) is 113 Å². The van der Waals surface area contributed by atoms with Crippen LogP contribution in [0.4, 0.5) is 5.82 Å². The van der Waals surface area contributed by atoms with Crippen molar-refractivity contribution >= 4 is 23.5 Å². The quantitative estimate of drug-likeness (QED) is 0.790. The summed E-state index contributed by atoms with van der Waals surface area (Å²) >= 11 is 0. The molecular weight excluding hydrogens is 398 g/mol. The highest BCUT2D eigenvalue weighted by atomic mass is 16.3. The highest BCUT2D eigenvalue weighted by Gasteiger charge is 2.30. The van der Waals surface area contributed by atoms with Crippen molar-refractivity contribution in [2.75, 3.05) is 44.2 Å². The van der Waals surface area contributed by atoms with Crippen molar-refractivity contribution in [2.24, 2.45) is 11.7 Å². The Hall–Kier alpha value is -3.36. The van der Waals surface area contributed by atoms with Gasteiger partial charge >= 0.3 is 0 Å². The maximum Gasteiger partial charge on any atom is 0.289 e. The Morgan fingerprint density at radius 1 is 0.968 bits per heavy atom. The van der Waals surface area contributed by atoms with Gasteiger partial charge in [0.15, 0.2) is 5.76 Å². The molecular formula is C22H27N5O4. The zero-order valence-electron chi connectivity index (χ0n) is 17.6. The van der Waals surface area contributed by atoms with E-state index in [2.05, 4.69) is 9.88 Å². The summed E-state index contributed by atoms with van der Waals surface area (Å²) in [5, 5.41) is 0. The molecule has 9 nitrogen and oxygen atoms in total. The van der Waals surface area contributed by atoms with Crippen LogP contribution in [0.1, 0.15) is 39.4 Å². The van der Waals surface area contributed by atoms with Gasteiger partial charge in [-0.1, -0.05) is 0 Å². The lowest BCUT2D eigenvalue weighted by Gasteiger charge is -2.36. The van der Waals surface area contributed by atoms with Gasteiger partial charge in [-0.15, -0.1) is 0 Å². The summed E-state index contributed by atoms with van der Waals surface area (Å²) < 4.78 is 5.22. The van der Waals surface area contributed by atoms with Crippen molar-refractivity contribution in [3.05, 3.63) is 47.5 Å². The largest absolute Gasteiger partial charge is 0.459 e. The van der Waals surface area contributed by atoms with Crippen molar-refractivity contribution < 1.29 is 18.8 Å². The number of anilines is 1. The van der Waals surface area contributed by atoms with Crippen LogP contribution in [0.5, 0.6) is 0 Å². The minimum Gasteiger partial charge on any atom is -0.459 e. The van der Waals surface area contributed by atoms with E-state index >= 15 is 0 Å². The van der Waals surface area contributed by atoms with E-state index in [1.54, 1.807) is 21.9 Å². The molecule has 31 heavy (non-hydrogen) atoms. The highest BCUT2D eigenvalue weighted by molar-refractivity contribution is 5.99. The molecule has 0 atom stereocenters. The first-order chi connectivity index (χ1) is 14.9. The summed E-state index contributed by atoms with van der Waals surface area (Å²) in [5.41, 5.74) is 6.79. The Labute approximate surface area is 180 Å². The standard InChI is InChI=1S/C22H27N5O4/c1-15-4-5-17(21(29)26-8-6-16(7-9-26)19(23)28)20(24-15)25-10-12-27(13-11-25)22(30)18-3-2-14-31-18/h2-5,14,16H,6-13H2,1H3,(H2,23,28). The molecule has 2 aliphatic rings. The van der Waals surface area contributed by atoms with Crippen molar-refractivity contribution in [1.29, 1.82) is 0 Å². The van der Waals surface area contributed by atoms with Crippen LogP contribution in [0.3, 0.4) is 0 Å². The number of amides is 3. The van der Waals surface area contributed by atoms with Gasteiger partial charge < -0.3 is 24.9 Å². The van der Waals surface area contributed by atoms with Crippen LogP contribution in [0.15, 0.2) is 34.9 Å². The van der Waals surface area contributed by atoms with Gasteiger partial charge in [0.25, 0.3) is 11.8 Å². The van der Waals surface area contributed by atoms with E-state index in [-0.39, 0.29) is 23.6 Å². The van der Waals surface area contributed by atoms with Gasteiger partial charge in [-0.05, 0) is 44.0 Å². The van der Waals surface area contributed by atoms with E-state index in [4.69, 9.17) is 10.2 Å². The van der Waals surface area contributed by atoms with Crippen LogP contribution >= 0.6 is 0 Å². The molecule has 3 amide bonds. The molecule has 0 saturated carbocycles. The minimum absolute atomic E-state index is 0.0838. The lowest BCUT2D eigenvalue weighted by atomic mass is 9.96. The van der Waals surface area contributed by atoms with E-state index in [0.717, 1.165) is 5.69 Å². The zero-order chi connectivity index (χ0) is 22.0. The number of nitrogens with zero attached hydrogens (tertiary/aromatic N) is 4. The SMILES string of the molecule is Cc1ccc(C(=O)N2CCC(C(N)=O)CC2)c(N2CCN(C(=O)c3ccco3)CC2)n1. The van der Waals surface area contributed by atoms with Gasteiger partial charge in [0.05, 0.1) is 11.8 Å². The average molecular weight is 425 g/mol. The predicted octanol–water partition coefficient (Wildman–Crippen LogP) is 1.28. The maximum absolute atomic E-state index is 13.2. The van der Waals surface area contributed by atoms with Gasteiger partial charge in [-0.25, -0.2) is 4.98 Å². The van der Waals surface area contributed by atoms with Crippen LogP contribution in [0.25, 0.3) is 0 Å². The fourth-order valence-electron chi connectivity index (χ4n) is 4.17. The molecule has 2 N–H and O–H groups in total. The van der Waals surface area contributed by atoms with E-state index < -0.39 is 0 Å². The molecule has 0 unspecified atom stereocenters. The molecule has 4 heterocycles. The fraction of sp³-hybridized carbons (Fsp3) is 0.455. The van der Waals surface area contributed by atoms with E-state index in [0.29, 0.717) is 69.3 Å². The van der Waals surface area contributed by atoms with Gasteiger partial charge in [-0.2, -0.15) is 0 Å². The number of carbonyl (C=O) groups is 3. The molecule has 0 spiro atoms. The first-order valence-electron chi connectivity index (χ1n) is 10.6. The Balaban J connectivity index is 1.46. The molecule has 2 aliphatic heterocycles. The molecule has 2 saturated heterocycles. The monoisotopic (exact) mass is 425 g/mol. The van der Waals surface area contributed by atoms with Crippen LogP contribution < -0.4 is 10.6 Å². The Bertz CT molecular complexity index is 958. The number of rotatable bonds is 4. The maximum atomic E-state index is 13.2. The molecule has 2 aromatic rings. The molecule has 2 fully saturated rings. The number of furan rings is 1. The molecule has 0 aliphatic carbocycles. The molecule has 4 rings (SSSR count). The first kappa shape index (κ1) is 20.9. The number of piperidine rings is 1. The molecule has 0 radical (unpaired) electrons. The summed E-state index contributed by atoms with van der Waals surface area (Å²) in [6, 6.07) is 7.02. The number of piperazine rings is 1. The average Bonchev–Trinajstić information content (AvgIpc) is 3.33. The summed E-state index contributed by atoms with van der Waals surface area (Å²) in [6.45, 7) is 5.10. The number of pyridine rings is 1. The first-order valence-corrected chi connectivity index (χ1v) is 10.6. The van der Waals surface area contributed by atoms with Crippen molar-refractivity contribution in [1.82, 2.24) is 14.8 Å². The van der Waals surface area contributed by atoms with E-state index in [1.165, 1.54) is 6.26 Å². The number of primary amides is 1. The number of nitrogens with two attached hydrogens (primary N) is 1. The van der Waals surface area contributed by atoms with Crippen LogP contribution in [-0.2, 0) is 4.79 Å². The van der Waals surface area contributed by atoms with Crippen molar-refractivity contribution in [2.45, 2.75) is 19.8 Å². The van der Waals surface area contributed by atoms with Gasteiger partial charge in [0.2, 0.25) is 5.91 Å². The number of aryl methyl sites for hydroxylation is 1. The van der Waals surface area contributed by atoms with E-state index in [1.807, 2.05) is 19.1 Å². The third-order valence-corrected chi connectivity index (χ3v) is 6.03. The summed E-state index contributed by atoms with van der Waals surface area (Å²) in [5.74, 6) is 0.297. The Morgan fingerprint density at radius 3 is 2.26 bits per heavy atom.